The highest BCUT2D eigenvalue weighted by atomic mass is 19.1. The molecule has 126 valence electrons. The standard InChI is InChI=1S/C19H17FN4O/c1-13-2-8-17(9-3-13)24-18(25)15-11-22-19(23-12-15)21-10-14-4-6-16(20)7-5-14/h2-9,11-12H,10H2,1H3,(H,24,25)(H,21,22,23). The maximum atomic E-state index is 12.9. The molecule has 0 fully saturated rings. The summed E-state index contributed by atoms with van der Waals surface area (Å²) >= 11 is 0. The molecule has 0 unspecified atom stereocenters. The number of amides is 1. The SMILES string of the molecule is Cc1ccc(NC(=O)c2cnc(NCc3ccc(F)cc3)nc2)cc1. The van der Waals surface area contributed by atoms with Crippen LogP contribution in [0.25, 0.3) is 0 Å². The molecule has 0 saturated heterocycles. The number of rotatable bonds is 5. The van der Waals surface area contributed by atoms with Gasteiger partial charge in [-0.15, -0.1) is 0 Å². The molecule has 0 atom stereocenters. The van der Waals surface area contributed by atoms with Crippen LogP contribution in [0.2, 0.25) is 0 Å². The summed E-state index contributed by atoms with van der Waals surface area (Å²) in [6.07, 6.45) is 2.92. The van der Waals surface area contributed by atoms with E-state index in [9.17, 15) is 9.18 Å². The molecular formula is C19H17FN4O. The van der Waals surface area contributed by atoms with Crippen LogP contribution in [-0.4, -0.2) is 15.9 Å². The smallest absolute Gasteiger partial charge is 0.258 e. The zero-order valence-corrected chi connectivity index (χ0v) is 13.7. The summed E-state index contributed by atoms with van der Waals surface area (Å²) in [5.74, 6) is -0.144. The van der Waals surface area contributed by atoms with Crippen molar-refractivity contribution in [3.8, 4) is 0 Å². The van der Waals surface area contributed by atoms with Gasteiger partial charge in [0.15, 0.2) is 0 Å². The van der Waals surface area contributed by atoms with Crippen molar-refractivity contribution in [2.24, 2.45) is 0 Å². The monoisotopic (exact) mass is 336 g/mol. The number of halogens is 1. The summed E-state index contributed by atoms with van der Waals surface area (Å²) in [6.45, 7) is 2.45. The van der Waals surface area contributed by atoms with Gasteiger partial charge in [0.1, 0.15) is 5.82 Å². The van der Waals surface area contributed by atoms with E-state index in [1.807, 2.05) is 31.2 Å². The van der Waals surface area contributed by atoms with Crippen LogP contribution in [0.1, 0.15) is 21.5 Å². The Balaban J connectivity index is 1.58. The Morgan fingerprint density at radius 3 is 2.28 bits per heavy atom. The number of aromatic nitrogens is 2. The molecule has 3 aromatic rings. The van der Waals surface area contributed by atoms with Crippen LogP contribution in [0, 0.1) is 12.7 Å². The van der Waals surface area contributed by atoms with Crippen molar-refractivity contribution in [2.75, 3.05) is 10.6 Å². The highest BCUT2D eigenvalue weighted by Crippen LogP contribution is 2.11. The molecule has 1 heterocycles. The first-order chi connectivity index (χ1) is 12.1. The number of hydrogen-bond donors (Lipinski definition) is 2. The second-order valence-electron chi connectivity index (χ2n) is 5.60. The van der Waals surface area contributed by atoms with Crippen molar-refractivity contribution in [3.63, 3.8) is 0 Å². The lowest BCUT2D eigenvalue weighted by molar-refractivity contribution is 0.102. The molecule has 0 aliphatic carbocycles. The Morgan fingerprint density at radius 2 is 1.64 bits per heavy atom. The molecule has 6 heteroatoms. The first kappa shape index (κ1) is 16.6. The second-order valence-corrected chi connectivity index (χ2v) is 5.60. The maximum absolute atomic E-state index is 12.9. The summed E-state index contributed by atoms with van der Waals surface area (Å²) < 4.78 is 12.9. The lowest BCUT2D eigenvalue weighted by atomic mass is 10.2. The maximum Gasteiger partial charge on any atom is 0.258 e. The molecule has 0 radical (unpaired) electrons. The molecule has 1 aromatic heterocycles. The van der Waals surface area contributed by atoms with E-state index in [0.717, 1.165) is 11.1 Å². The molecule has 0 aliphatic heterocycles. The van der Waals surface area contributed by atoms with E-state index in [2.05, 4.69) is 20.6 Å². The predicted molar refractivity (Wildman–Crippen MR) is 94.9 cm³/mol. The Hall–Kier alpha value is -3.28. The number of hydrogen-bond acceptors (Lipinski definition) is 4. The minimum atomic E-state index is -0.274. The summed E-state index contributed by atoms with van der Waals surface area (Å²) in [5.41, 5.74) is 3.12. The van der Waals surface area contributed by atoms with E-state index in [-0.39, 0.29) is 11.7 Å². The Labute approximate surface area is 145 Å². The minimum absolute atomic E-state index is 0.270. The average Bonchev–Trinajstić information content (AvgIpc) is 2.63. The minimum Gasteiger partial charge on any atom is -0.350 e. The third kappa shape index (κ3) is 4.60. The fourth-order valence-corrected chi connectivity index (χ4v) is 2.16. The van der Waals surface area contributed by atoms with Crippen molar-refractivity contribution >= 4 is 17.5 Å². The van der Waals surface area contributed by atoms with E-state index >= 15 is 0 Å². The van der Waals surface area contributed by atoms with Crippen LogP contribution in [0.5, 0.6) is 0 Å². The van der Waals surface area contributed by atoms with Crippen LogP contribution in [0.15, 0.2) is 60.9 Å². The molecule has 0 aliphatic rings. The van der Waals surface area contributed by atoms with Gasteiger partial charge in [0, 0.05) is 24.6 Å². The normalized spacial score (nSPS) is 10.3. The molecule has 25 heavy (non-hydrogen) atoms. The number of nitrogens with zero attached hydrogens (tertiary/aromatic N) is 2. The highest BCUT2D eigenvalue weighted by molar-refractivity contribution is 6.03. The summed E-state index contributed by atoms with van der Waals surface area (Å²) in [5, 5.41) is 5.82. The Morgan fingerprint density at radius 1 is 1.00 bits per heavy atom. The van der Waals surface area contributed by atoms with Gasteiger partial charge in [-0.25, -0.2) is 14.4 Å². The van der Waals surface area contributed by atoms with Gasteiger partial charge < -0.3 is 10.6 Å². The summed E-state index contributed by atoms with van der Waals surface area (Å²) in [7, 11) is 0. The highest BCUT2D eigenvalue weighted by Gasteiger charge is 2.07. The zero-order valence-electron chi connectivity index (χ0n) is 13.7. The van der Waals surface area contributed by atoms with Gasteiger partial charge in [-0.2, -0.15) is 0 Å². The number of nitrogens with one attached hydrogen (secondary N) is 2. The number of aryl methyl sites for hydroxylation is 1. The van der Waals surface area contributed by atoms with Gasteiger partial charge in [0.2, 0.25) is 5.95 Å². The quantitative estimate of drug-likeness (QED) is 0.744. The average molecular weight is 336 g/mol. The van der Waals surface area contributed by atoms with E-state index in [1.165, 1.54) is 24.5 Å². The second kappa shape index (κ2) is 7.53. The van der Waals surface area contributed by atoms with E-state index in [4.69, 9.17) is 0 Å². The molecule has 2 N–H and O–H groups in total. The lowest BCUT2D eigenvalue weighted by Gasteiger charge is -2.07. The van der Waals surface area contributed by atoms with Crippen molar-refractivity contribution in [3.05, 3.63) is 83.4 Å². The van der Waals surface area contributed by atoms with Crippen LogP contribution < -0.4 is 10.6 Å². The Bertz CT molecular complexity index is 846. The van der Waals surface area contributed by atoms with Crippen molar-refractivity contribution in [2.45, 2.75) is 13.5 Å². The molecular weight excluding hydrogens is 319 g/mol. The topological polar surface area (TPSA) is 66.9 Å². The zero-order chi connectivity index (χ0) is 17.6. The fourth-order valence-electron chi connectivity index (χ4n) is 2.16. The molecule has 3 rings (SSSR count). The molecule has 0 bridgehead atoms. The van der Waals surface area contributed by atoms with Crippen molar-refractivity contribution in [1.29, 1.82) is 0 Å². The molecule has 5 nitrogen and oxygen atoms in total. The van der Waals surface area contributed by atoms with E-state index < -0.39 is 0 Å². The van der Waals surface area contributed by atoms with Gasteiger partial charge >= 0.3 is 0 Å². The summed E-state index contributed by atoms with van der Waals surface area (Å²) in [4.78, 5) is 20.4. The van der Waals surface area contributed by atoms with E-state index in [1.54, 1.807) is 12.1 Å². The predicted octanol–water partition coefficient (Wildman–Crippen LogP) is 3.79. The molecule has 2 aromatic carbocycles. The summed E-state index contributed by atoms with van der Waals surface area (Å²) in [6, 6.07) is 13.7. The largest absolute Gasteiger partial charge is 0.350 e. The van der Waals surface area contributed by atoms with Crippen LogP contribution in [0.3, 0.4) is 0 Å². The van der Waals surface area contributed by atoms with E-state index in [0.29, 0.717) is 23.7 Å². The van der Waals surface area contributed by atoms with Gasteiger partial charge in [-0.1, -0.05) is 29.8 Å². The van der Waals surface area contributed by atoms with Crippen molar-refractivity contribution < 1.29 is 9.18 Å². The number of anilines is 2. The van der Waals surface area contributed by atoms with Crippen LogP contribution in [0.4, 0.5) is 16.0 Å². The Kier molecular flexibility index (Phi) is 4.99. The van der Waals surface area contributed by atoms with Gasteiger partial charge in [-0.3, -0.25) is 4.79 Å². The number of carbonyl (C=O) groups excluding carboxylic acids is 1. The van der Waals surface area contributed by atoms with Crippen molar-refractivity contribution in [1.82, 2.24) is 9.97 Å². The molecule has 0 spiro atoms. The van der Waals surface area contributed by atoms with Gasteiger partial charge in [0.25, 0.3) is 5.91 Å². The van der Waals surface area contributed by atoms with Crippen LogP contribution >= 0.6 is 0 Å². The number of carbonyl (C=O) groups is 1. The van der Waals surface area contributed by atoms with Gasteiger partial charge in [-0.05, 0) is 36.8 Å². The first-order valence-corrected chi connectivity index (χ1v) is 7.78. The first-order valence-electron chi connectivity index (χ1n) is 7.78. The van der Waals surface area contributed by atoms with Crippen LogP contribution in [-0.2, 0) is 6.54 Å². The fraction of sp³-hybridized carbons (Fsp3) is 0.105. The third-order valence-corrected chi connectivity index (χ3v) is 3.59. The number of benzene rings is 2. The molecule has 0 saturated carbocycles. The lowest BCUT2D eigenvalue weighted by Crippen LogP contribution is -2.13. The molecule has 1 amide bonds. The van der Waals surface area contributed by atoms with Gasteiger partial charge in [0.05, 0.1) is 5.56 Å². The third-order valence-electron chi connectivity index (χ3n) is 3.59.